The molecule has 9 heteroatoms. The predicted octanol–water partition coefficient (Wildman–Crippen LogP) is 4.69. The molecule has 0 saturated carbocycles. The van der Waals surface area contributed by atoms with E-state index in [0.29, 0.717) is 29.7 Å². The van der Waals surface area contributed by atoms with Crippen LogP contribution in [0.15, 0.2) is 94.2 Å². The van der Waals surface area contributed by atoms with Crippen LogP contribution in [0.4, 0.5) is 11.8 Å². The first-order chi connectivity index (χ1) is 15.4. The number of anilines is 2. The molecular weight excluding hydrogens is 398 g/mol. The van der Waals surface area contributed by atoms with Crippen molar-refractivity contribution in [2.75, 3.05) is 10.2 Å². The molecule has 0 spiro atoms. The largest absolute Gasteiger partial charge is 0.467 e. The van der Waals surface area contributed by atoms with Gasteiger partial charge in [0.05, 0.1) is 18.4 Å². The number of rotatable bonds is 7. The fourth-order valence-electron chi connectivity index (χ4n) is 3.21. The summed E-state index contributed by atoms with van der Waals surface area (Å²) in [6, 6.07) is 7.67. The Hall–Kier alpha value is -4.27. The van der Waals surface area contributed by atoms with Crippen LogP contribution in [0.25, 0.3) is 11.5 Å². The smallest absolute Gasteiger partial charge is 0.330 e. The van der Waals surface area contributed by atoms with Crippen molar-refractivity contribution in [2.45, 2.75) is 19.4 Å². The number of ether oxygens (including phenoxy) is 2. The number of pyridine rings is 1. The fraction of sp³-hybridized carbons (Fsp3) is 0.136. The maximum Gasteiger partial charge on any atom is 0.330 e. The van der Waals surface area contributed by atoms with Gasteiger partial charge in [0.1, 0.15) is 24.1 Å². The average molecular weight is 417 g/mol. The molecule has 0 atom stereocenters. The van der Waals surface area contributed by atoms with E-state index in [-0.39, 0.29) is 6.01 Å². The predicted molar refractivity (Wildman–Crippen MR) is 112 cm³/mol. The van der Waals surface area contributed by atoms with Gasteiger partial charge >= 0.3 is 6.01 Å². The molecule has 2 aliphatic rings. The van der Waals surface area contributed by atoms with Crippen molar-refractivity contribution in [3.05, 3.63) is 91.1 Å². The Kier molecular flexibility index (Phi) is 5.21. The van der Waals surface area contributed by atoms with Crippen molar-refractivity contribution in [3.8, 4) is 11.5 Å². The van der Waals surface area contributed by atoms with E-state index in [1.807, 2.05) is 36.4 Å². The van der Waals surface area contributed by atoms with Crippen LogP contribution in [-0.4, -0.2) is 15.2 Å². The Labute approximate surface area is 178 Å². The van der Waals surface area contributed by atoms with Crippen LogP contribution < -0.4 is 10.2 Å². The molecule has 0 saturated heterocycles. The number of furan rings is 1. The van der Waals surface area contributed by atoms with Gasteiger partial charge < -0.3 is 23.6 Å². The minimum atomic E-state index is 0.266. The summed E-state index contributed by atoms with van der Waals surface area (Å²) in [6.07, 6.45) is 15.5. The number of aromatic nitrogens is 3. The molecule has 0 aromatic carbocycles. The van der Waals surface area contributed by atoms with Crippen LogP contribution in [0.1, 0.15) is 18.6 Å². The third-order valence-corrected chi connectivity index (χ3v) is 4.65. The van der Waals surface area contributed by atoms with E-state index in [4.69, 9.17) is 18.3 Å². The van der Waals surface area contributed by atoms with E-state index >= 15 is 0 Å². The highest BCUT2D eigenvalue weighted by Gasteiger charge is 2.26. The molecule has 0 bridgehead atoms. The van der Waals surface area contributed by atoms with E-state index in [0.717, 1.165) is 24.3 Å². The van der Waals surface area contributed by atoms with Crippen LogP contribution in [0.3, 0.4) is 0 Å². The molecule has 0 amide bonds. The van der Waals surface area contributed by atoms with Crippen LogP contribution in [-0.2, 0) is 16.0 Å². The van der Waals surface area contributed by atoms with Gasteiger partial charge in [0.15, 0.2) is 6.26 Å². The Bertz CT molecular complexity index is 1160. The summed E-state index contributed by atoms with van der Waals surface area (Å²) in [5.74, 6) is 2.16. The Morgan fingerprint density at radius 2 is 2.13 bits per heavy atom. The van der Waals surface area contributed by atoms with Gasteiger partial charge in [-0.25, -0.2) is 9.88 Å². The number of hydrogen-bond donors (Lipinski definition) is 1. The van der Waals surface area contributed by atoms with Gasteiger partial charge in [-0.05, 0) is 43.2 Å². The second-order valence-corrected chi connectivity index (χ2v) is 6.66. The first kappa shape index (κ1) is 18.7. The van der Waals surface area contributed by atoms with E-state index in [2.05, 4.69) is 26.6 Å². The molecule has 3 aromatic heterocycles. The molecule has 1 aliphatic heterocycles. The molecule has 5 rings (SSSR count). The van der Waals surface area contributed by atoms with Crippen molar-refractivity contribution in [1.82, 2.24) is 15.2 Å². The minimum Gasteiger partial charge on any atom is -0.467 e. The summed E-state index contributed by atoms with van der Waals surface area (Å²) < 4.78 is 22.3. The molecule has 0 radical (unpaired) electrons. The van der Waals surface area contributed by atoms with E-state index in [1.165, 1.54) is 18.8 Å². The van der Waals surface area contributed by atoms with Gasteiger partial charge in [-0.15, -0.1) is 5.10 Å². The number of hydrogen-bond acceptors (Lipinski definition) is 9. The number of allylic oxidation sites excluding steroid dienone is 4. The van der Waals surface area contributed by atoms with Crippen LogP contribution in [0.2, 0.25) is 0 Å². The monoisotopic (exact) mass is 417 g/mol. The van der Waals surface area contributed by atoms with Crippen molar-refractivity contribution < 1.29 is 18.3 Å². The molecule has 31 heavy (non-hydrogen) atoms. The molecule has 9 nitrogen and oxygen atoms in total. The standard InChI is InChI=1S/C22H19N5O4/c1-2-6-16(7-3-1)27(19-15-28-12-13-30-19)22-26-25-21(31-22)18-9-4-10-23-20(18)24-14-17-8-5-11-29-17/h1-2,4-6,8-13,15H,3,7,14H2,(H,23,24). The van der Waals surface area contributed by atoms with E-state index < -0.39 is 0 Å². The molecular formula is C22H19N5O4. The van der Waals surface area contributed by atoms with E-state index in [1.54, 1.807) is 17.4 Å². The normalized spacial score (nSPS) is 15.0. The molecule has 1 aliphatic carbocycles. The van der Waals surface area contributed by atoms with Gasteiger partial charge in [0.2, 0.25) is 5.88 Å². The highest BCUT2D eigenvalue weighted by molar-refractivity contribution is 5.69. The van der Waals surface area contributed by atoms with E-state index in [9.17, 15) is 0 Å². The molecule has 3 aromatic rings. The van der Waals surface area contributed by atoms with Crippen molar-refractivity contribution in [1.29, 1.82) is 0 Å². The summed E-state index contributed by atoms with van der Waals surface area (Å²) in [6.45, 7) is 0.480. The summed E-state index contributed by atoms with van der Waals surface area (Å²) in [5, 5.41) is 11.8. The van der Waals surface area contributed by atoms with Gasteiger partial charge in [0, 0.05) is 11.9 Å². The maximum atomic E-state index is 6.05. The number of nitrogens with one attached hydrogen (secondary N) is 1. The summed E-state index contributed by atoms with van der Waals surface area (Å²) in [5.41, 5.74) is 1.63. The summed E-state index contributed by atoms with van der Waals surface area (Å²) in [4.78, 5) is 6.15. The SMILES string of the molecule is C1=CCCC(N(C2=COC=CO2)c2nnc(-c3cccnc3NCc3ccco3)o2)=C1. The molecule has 0 unspecified atom stereocenters. The molecule has 4 heterocycles. The lowest BCUT2D eigenvalue weighted by molar-refractivity contribution is 0.247. The molecule has 1 N–H and O–H groups in total. The van der Waals surface area contributed by atoms with Gasteiger partial charge in [-0.1, -0.05) is 17.3 Å². The lowest BCUT2D eigenvalue weighted by atomic mass is 10.1. The van der Waals surface area contributed by atoms with Crippen LogP contribution >= 0.6 is 0 Å². The first-order valence-corrected chi connectivity index (χ1v) is 9.77. The fourth-order valence-corrected chi connectivity index (χ4v) is 3.21. The van der Waals surface area contributed by atoms with Crippen molar-refractivity contribution in [2.24, 2.45) is 0 Å². The topological polar surface area (TPSA) is 98.7 Å². The van der Waals surface area contributed by atoms with Crippen molar-refractivity contribution in [3.63, 3.8) is 0 Å². The van der Waals surface area contributed by atoms with Crippen LogP contribution in [0.5, 0.6) is 0 Å². The quantitative estimate of drug-likeness (QED) is 0.587. The Balaban J connectivity index is 1.45. The molecule has 0 fully saturated rings. The lowest BCUT2D eigenvalue weighted by Gasteiger charge is -2.25. The van der Waals surface area contributed by atoms with Crippen LogP contribution in [0, 0.1) is 0 Å². The maximum absolute atomic E-state index is 6.05. The zero-order valence-electron chi connectivity index (χ0n) is 16.5. The Morgan fingerprint density at radius 3 is 2.94 bits per heavy atom. The van der Waals surface area contributed by atoms with Crippen molar-refractivity contribution >= 4 is 11.8 Å². The number of nitrogens with zero attached hydrogens (tertiary/aromatic N) is 4. The zero-order chi connectivity index (χ0) is 20.9. The molecule has 156 valence electrons. The van der Waals surface area contributed by atoms with Gasteiger partial charge in [-0.3, -0.25) is 0 Å². The highest BCUT2D eigenvalue weighted by atomic mass is 16.5. The second kappa shape index (κ2) is 8.62. The lowest BCUT2D eigenvalue weighted by Crippen LogP contribution is -2.24. The third kappa shape index (κ3) is 4.06. The zero-order valence-corrected chi connectivity index (χ0v) is 16.5. The summed E-state index contributed by atoms with van der Waals surface area (Å²) in [7, 11) is 0. The summed E-state index contributed by atoms with van der Waals surface area (Å²) >= 11 is 0. The van der Waals surface area contributed by atoms with Gasteiger partial charge in [-0.2, -0.15) is 0 Å². The average Bonchev–Trinajstić information content (AvgIpc) is 3.52. The van der Waals surface area contributed by atoms with Gasteiger partial charge in [0.25, 0.3) is 5.89 Å². The third-order valence-electron chi connectivity index (χ3n) is 4.65. The second-order valence-electron chi connectivity index (χ2n) is 6.66. The highest BCUT2D eigenvalue weighted by Crippen LogP contribution is 2.33. The Morgan fingerprint density at radius 1 is 1.13 bits per heavy atom. The minimum absolute atomic E-state index is 0.266. The first-order valence-electron chi connectivity index (χ1n) is 9.77.